The van der Waals surface area contributed by atoms with Gasteiger partial charge in [0.05, 0.1) is 0 Å². The van der Waals surface area contributed by atoms with Gasteiger partial charge in [-0.25, -0.2) is 4.79 Å². The summed E-state index contributed by atoms with van der Waals surface area (Å²) in [6.45, 7) is 2.90. The van der Waals surface area contributed by atoms with Crippen LogP contribution in [0.5, 0.6) is 0 Å². The molecule has 0 saturated heterocycles. The van der Waals surface area contributed by atoms with Crippen molar-refractivity contribution in [3.05, 3.63) is 5.41 Å². The van der Waals surface area contributed by atoms with Crippen molar-refractivity contribution in [1.82, 2.24) is 5.32 Å². The van der Waals surface area contributed by atoms with Crippen molar-refractivity contribution in [2.45, 2.75) is 32.4 Å². The zero-order chi connectivity index (χ0) is 13.2. The molecule has 0 amide bonds. The summed E-state index contributed by atoms with van der Waals surface area (Å²) in [6, 6.07) is 0. The van der Waals surface area contributed by atoms with Crippen LogP contribution in [0.1, 0.15) is 26.2 Å². The van der Waals surface area contributed by atoms with Crippen LogP contribution in [0.3, 0.4) is 0 Å². The number of alkyl halides is 3. The summed E-state index contributed by atoms with van der Waals surface area (Å²) < 4.78 is 31.7. The Morgan fingerprint density at radius 3 is 2.12 bits per heavy atom. The Kier molecular flexibility index (Phi) is 9.33. The van der Waals surface area contributed by atoms with Crippen molar-refractivity contribution in [2.75, 3.05) is 6.54 Å². The molecule has 5 nitrogen and oxygen atoms in total. The third-order valence-electron chi connectivity index (χ3n) is 1.33. The largest absolute Gasteiger partial charge is 0.490 e. The number of halogens is 3. The lowest BCUT2D eigenvalue weighted by atomic mass is 10.2. The van der Waals surface area contributed by atoms with E-state index in [4.69, 9.17) is 21.0 Å². The van der Waals surface area contributed by atoms with Gasteiger partial charge in [0.1, 0.15) is 0 Å². The van der Waals surface area contributed by atoms with Gasteiger partial charge in [0.2, 0.25) is 0 Å². The minimum absolute atomic E-state index is 0.175. The van der Waals surface area contributed by atoms with E-state index >= 15 is 0 Å². The Bertz CT molecular complexity index is 219. The first-order valence-corrected chi connectivity index (χ1v) is 4.57. The Balaban J connectivity index is 0. The number of unbranched alkanes of at least 4 members (excludes halogenated alkanes) is 2. The second-order valence-electron chi connectivity index (χ2n) is 2.82. The Hall–Kier alpha value is -1.47. The number of hydrogen-bond donors (Lipinski definition) is 3. The van der Waals surface area contributed by atoms with E-state index in [9.17, 15) is 13.2 Å². The van der Waals surface area contributed by atoms with Gasteiger partial charge < -0.3 is 21.6 Å². The van der Waals surface area contributed by atoms with Crippen molar-refractivity contribution in [3.63, 3.8) is 0 Å². The van der Waals surface area contributed by atoms with Crippen molar-refractivity contribution < 1.29 is 23.1 Å². The highest BCUT2D eigenvalue weighted by Gasteiger charge is 2.38. The zero-order valence-corrected chi connectivity index (χ0v) is 8.84. The van der Waals surface area contributed by atoms with E-state index < -0.39 is 12.1 Å². The number of carbonyl (C=O) groups is 1. The normalized spacial score (nSPS) is 10.0. The molecule has 0 spiro atoms. The molecule has 0 rings (SSSR count). The smallest absolute Gasteiger partial charge is 0.475 e. The minimum Gasteiger partial charge on any atom is -0.475 e. The first-order chi connectivity index (χ1) is 7.21. The zero-order valence-electron chi connectivity index (χ0n) is 8.84. The van der Waals surface area contributed by atoms with Gasteiger partial charge in [-0.2, -0.15) is 13.2 Å². The topological polar surface area (TPSA) is 97.6 Å². The lowest BCUT2D eigenvalue weighted by Gasteiger charge is -2.08. The second-order valence-corrected chi connectivity index (χ2v) is 2.82. The number of rotatable bonds is 4. The number of carboxylic acids is 1. The number of nitrogens with zero attached hydrogens (tertiary/aromatic N) is 1. The quantitative estimate of drug-likeness (QED) is 0.393. The van der Waals surface area contributed by atoms with Gasteiger partial charge in [-0.15, -0.1) is 0 Å². The van der Waals surface area contributed by atoms with E-state index in [0.717, 1.165) is 13.0 Å². The highest BCUT2D eigenvalue weighted by Crippen LogP contribution is 2.13. The van der Waals surface area contributed by atoms with Crippen LogP contribution in [0.15, 0.2) is 0 Å². The van der Waals surface area contributed by atoms with Gasteiger partial charge in [-0.3, -0.25) is 0 Å². The summed E-state index contributed by atoms with van der Waals surface area (Å²) in [4.78, 5) is 8.90. The van der Waals surface area contributed by atoms with Gasteiger partial charge in [0.15, 0.2) is 0 Å². The number of guanidine groups is 1. The molecule has 0 atom stereocenters. The molecule has 8 heteroatoms. The predicted octanol–water partition coefficient (Wildman–Crippen LogP) is 1.28. The fourth-order valence-corrected chi connectivity index (χ4v) is 0.591. The first-order valence-electron chi connectivity index (χ1n) is 4.57. The van der Waals surface area contributed by atoms with E-state index in [2.05, 4.69) is 12.2 Å². The van der Waals surface area contributed by atoms with Crippen LogP contribution in [-0.4, -0.2) is 29.8 Å². The average molecular weight is 242 g/mol. The average Bonchev–Trinajstić information content (AvgIpc) is 2.11. The van der Waals surface area contributed by atoms with Gasteiger partial charge >= 0.3 is 12.1 Å². The lowest BCUT2D eigenvalue weighted by molar-refractivity contribution is -0.192. The van der Waals surface area contributed by atoms with Crippen LogP contribution in [0, 0.1) is 0 Å². The molecular weight excluding hydrogens is 227 g/mol. The molecule has 0 unspecified atom stereocenters. The summed E-state index contributed by atoms with van der Waals surface area (Å²) in [5.41, 5.74) is 4.94. The molecule has 0 aliphatic rings. The summed E-state index contributed by atoms with van der Waals surface area (Å²) in [7, 11) is 0. The van der Waals surface area contributed by atoms with Gasteiger partial charge in [0, 0.05) is 5.96 Å². The molecule has 0 aromatic carbocycles. The number of nitrogens with two attached hydrogens (primary N) is 1. The molecule has 0 heterocycles. The van der Waals surface area contributed by atoms with E-state index in [1.54, 1.807) is 0 Å². The first kappa shape index (κ1) is 16.9. The maximum Gasteiger partial charge on any atom is 0.490 e. The van der Waals surface area contributed by atoms with Crippen LogP contribution >= 0.6 is 0 Å². The predicted molar refractivity (Wildman–Crippen MR) is 53.8 cm³/mol. The van der Waals surface area contributed by atoms with Gasteiger partial charge in [0.25, 0.3) is 0 Å². The summed E-state index contributed by atoms with van der Waals surface area (Å²) in [5, 5.41) is 18.2. The maximum atomic E-state index is 10.6. The maximum absolute atomic E-state index is 10.6. The summed E-state index contributed by atoms with van der Waals surface area (Å²) in [5.74, 6) is -2.93. The fraction of sp³-hybridized carbons (Fsp3) is 0.750. The monoisotopic (exact) mass is 242 g/mol. The van der Waals surface area contributed by atoms with Crippen molar-refractivity contribution in [1.29, 1.82) is 0 Å². The lowest BCUT2D eigenvalue weighted by Crippen LogP contribution is -2.30. The van der Waals surface area contributed by atoms with Crippen LogP contribution < -0.4 is 11.1 Å². The van der Waals surface area contributed by atoms with Crippen molar-refractivity contribution in [2.24, 2.45) is 5.73 Å². The molecule has 96 valence electrons. The Labute approximate surface area is 91.3 Å². The molecule has 0 aliphatic heterocycles. The number of nitrogens with one attached hydrogen (secondary N) is 1. The fourth-order valence-electron chi connectivity index (χ4n) is 0.591. The van der Waals surface area contributed by atoms with Crippen LogP contribution in [-0.2, 0) is 4.79 Å². The van der Waals surface area contributed by atoms with Crippen LogP contribution in [0.25, 0.3) is 5.41 Å². The SMILES string of the molecule is CCCCCNC(=[N-])N.O=C(O)C(F)(F)F. The number of hydrogen-bond acceptors (Lipinski definition) is 1. The minimum atomic E-state index is -5.08. The third kappa shape index (κ3) is 15.0. The molecule has 4 N–H and O–H groups in total. The second kappa shape index (κ2) is 8.81. The van der Waals surface area contributed by atoms with Gasteiger partial charge in [-0.05, 0) is 13.0 Å². The van der Waals surface area contributed by atoms with Crippen LogP contribution in [0.4, 0.5) is 13.2 Å². The van der Waals surface area contributed by atoms with Gasteiger partial charge in [-0.1, -0.05) is 19.8 Å². The molecule has 0 aromatic rings. The van der Waals surface area contributed by atoms with E-state index in [1.807, 2.05) is 0 Å². The Morgan fingerprint density at radius 1 is 1.44 bits per heavy atom. The molecular formula is C8H15F3N3O2-. The number of carboxylic acid groups (broad SMARTS) is 1. The summed E-state index contributed by atoms with van der Waals surface area (Å²) >= 11 is 0. The molecule has 16 heavy (non-hydrogen) atoms. The van der Waals surface area contributed by atoms with Crippen molar-refractivity contribution >= 4 is 11.9 Å². The van der Waals surface area contributed by atoms with E-state index in [1.165, 1.54) is 12.8 Å². The molecule has 0 saturated carbocycles. The molecule has 0 radical (unpaired) electrons. The van der Waals surface area contributed by atoms with E-state index in [0.29, 0.717) is 0 Å². The number of aliphatic carboxylic acids is 1. The summed E-state index contributed by atoms with van der Waals surface area (Å²) in [6.07, 6.45) is -1.65. The Morgan fingerprint density at radius 2 is 1.88 bits per heavy atom. The highest BCUT2D eigenvalue weighted by atomic mass is 19.4. The molecule has 0 bridgehead atoms. The van der Waals surface area contributed by atoms with E-state index in [-0.39, 0.29) is 5.96 Å². The van der Waals surface area contributed by atoms with Crippen molar-refractivity contribution in [3.8, 4) is 0 Å². The third-order valence-corrected chi connectivity index (χ3v) is 1.33. The standard InChI is InChI=1S/C6H14N3.C2HF3O2/c1-2-3-4-5-9-6(7)8;3-2(4,5)1(6)7/h2-5H2,1H3,(H3-,7,8,9);(H,6,7)/q-1;. The van der Waals surface area contributed by atoms with Crippen LogP contribution in [0.2, 0.25) is 0 Å². The highest BCUT2D eigenvalue weighted by molar-refractivity contribution is 5.80. The molecule has 0 fully saturated rings. The molecule has 0 aliphatic carbocycles. The molecule has 0 aromatic heterocycles.